The number of hydrogen-bond acceptors (Lipinski definition) is 4. The Hall–Kier alpha value is -5.24. The van der Waals surface area contributed by atoms with E-state index in [0.29, 0.717) is 59.6 Å². The van der Waals surface area contributed by atoms with Crippen molar-refractivity contribution in [2.24, 2.45) is 11.8 Å². The van der Waals surface area contributed by atoms with Gasteiger partial charge >= 0.3 is 0 Å². The number of aryl methyl sites for hydroxylation is 4. The van der Waals surface area contributed by atoms with E-state index < -0.39 is 0 Å². The number of amides is 4. The third kappa shape index (κ3) is 7.69. The quantitative estimate of drug-likeness (QED) is 0.162. The van der Waals surface area contributed by atoms with Crippen molar-refractivity contribution in [1.82, 2.24) is 0 Å². The molecule has 46 heavy (non-hydrogen) atoms. The Kier molecular flexibility index (Phi) is 9.96. The van der Waals surface area contributed by atoms with Gasteiger partial charge in [0.15, 0.2) is 0 Å². The van der Waals surface area contributed by atoms with Crippen LogP contribution in [-0.4, -0.2) is 23.6 Å². The van der Waals surface area contributed by atoms with Gasteiger partial charge in [-0.15, -0.1) is 0 Å². The minimum Gasteiger partial charge on any atom is -0.325 e. The molecule has 236 valence electrons. The van der Waals surface area contributed by atoms with Crippen LogP contribution in [0.25, 0.3) is 0 Å². The number of nitrogens with one attached hydrogen (secondary N) is 4. The molecule has 0 bridgehead atoms. The molecule has 0 heterocycles. The lowest BCUT2D eigenvalue weighted by Crippen LogP contribution is -2.32. The number of rotatable bonds is 8. The third-order valence-electron chi connectivity index (χ3n) is 8.86. The molecule has 4 N–H and O–H groups in total. The Morgan fingerprint density at radius 3 is 1.22 bits per heavy atom. The molecule has 0 aliphatic heterocycles. The van der Waals surface area contributed by atoms with Gasteiger partial charge in [0.25, 0.3) is 11.8 Å². The lowest BCUT2D eigenvalue weighted by atomic mass is 9.81. The van der Waals surface area contributed by atoms with Gasteiger partial charge in [0.1, 0.15) is 0 Å². The Labute approximate surface area is 270 Å². The zero-order valence-electron chi connectivity index (χ0n) is 26.7. The summed E-state index contributed by atoms with van der Waals surface area (Å²) >= 11 is 0. The van der Waals surface area contributed by atoms with E-state index in [1.54, 1.807) is 48.5 Å². The SMILES string of the molecule is Cc1ccc(NC(=O)c2ccccc2NC(=O)C2CCC(C(=O)Nc3ccccc3C(=O)Nc3ccc(C)c(C)c3)CC2)cc1C. The molecule has 5 rings (SSSR count). The van der Waals surface area contributed by atoms with Crippen molar-refractivity contribution in [2.75, 3.05) is 21.3 Å². The first-order valence-corrected chi connectivity index (χ1v) is 15.7. The monoisotopic (exact) mass is 616 g/mol. The van der Waals surface area contributed by atoms with Crippen LogP contribution in [0.5, 0.6) is 0 Å². The van der Waals surface area contributed by atoms with Gasteiger partial charge in [-0.05, 0) is 124 Å². The van der Waals surface area contributed by atoms with Gasteiger partial charge in [0.05, 0.1) is 22.5 Å². The van der Waals surface area contributed by atoms with E-state index in [4.69, 9.17) is 0 Å². The normalized spacial score (nSPS) is 15.8. The topological polar surface area (TPSA) is 116 Å². The van der Waals surface area contributed by atoms with Crippen LogP contribution in [0.1, 0.15) is 68.7 Å². The molecule has 0 unspecified atom stereocenters. The predicted molar refractivity (Wildman–Crippen MR) is 183 cm³/mol. The van der Waals surface area contributed by atoms with Crippen molar-refractivity contribution in [3.05, 3.63) is 118 Å². The van der Waals surface area contributed by atoms with Gasteiger partial charge < -0.3 is 21.3 Å². The minimum atomic E-state index is -0.303. The van der Waals surface area contributed by atoms with Gasteiger partial charge in [-0.1, -0.05) is 36.4 Å². The summed E-state index contributed by atoms with van der Waals surface area (Å²) in [5.41, 5.74) is 7.46. The summed E-state index contributed by atoms with van der Waals surface area (Å²) in [6.45, 7) is 8.01. The summed E-state index contributed by atoms with van der Waals surface area (Å²) in [6.07, 6.45) is 2.15. The number of anilines is 4. The van der Waals surface area contributed by atoms with E-state index >= 15 is 0 Å². The number of hydrogen-bond donors (Lipinski definition) is 4. The van der Waals surface area contributed by atoms with Crippen molar-refractivity contribution in [3.63, 3.8) is 0 Å². The molecule has 4 aromatic rings. The lowest BCUT2D eigenvalue weighted by molar-refractivity contribution is -0.125. The van der Waals surface area contributed by atoms with Crippen LogP contribution in [0, 0.1) is 39.5 Å². The molecule has 1 saturated carbocycles. The molecular formula is C38H40N4O4. The number of para-hydroxylation sites is 2. The van der Waals surface area contributed by atoms with Gasteiger partial charge in [-0.25, -0.2) is 0 Å². The fraction of sp³-hybridized carbons (Fsp3) is 0.263. The molecule has 1 aliphatic carbocycles. The average Bonchev–Trinajstić information content (AvgIpc) is 3.05. The van der Waals surface area contributed by atoms with Gasteiger partial charge in [-0.3, -0.25) is 19.2 Å². The van der Waals surface area contributed by atoms with Crippen LogP contribution >= 0.6 is 0 Å². The molecule has 8 nitrogen and oxygen atoms in total. The van der Waals surface area contributed by atoms with Crippen molar-refractivity contribution in [1.29, 1.82) is 0 Å². The molecule has 1 fully saturated rings. The first-order valence-electron chi connectivity index (χ1n) is 15.7. The Morgan fingerprint density at radius 2 is 0.848 bits per heavy atom. The summed E-state index contributed by atoms with van der Waals surface area (Å²) in [4.78, 5) is 52.8. The maximum atomic E-state index is 13.3. The van der Waals surface area contributed by atoms with E-state index in [2.05, 4.69) is 21.3 Å². The van der Waals surface area contributed by atoms with Crippen LogP contribution in [-0.2, 0) is 9.59 Å². The Balaban J connectivity index is 1.16. The highest BCUT2D eigenvalue weighted by Crippen LogP contribution is 2.32. The summed E-state index contributed by atoms with van der Waals surface area (Å²) in [6, 6.07) is 25.4. The largest absolute Gasteiger partial charge is 0.325 e. The third-order valence-corrected chi connectivity index (χ3v) is 8.86. The van der Waals surface area contributed by atoms with Crippen LogP contribution in [0.4, 0.5) is 22.7 Å². The molecule has 0 spiro atoms. The highest BCUT2D eigenvalue weighted by molar-refractivity contribution is 6.11. The minimum absolute atomic E-state index is 0.168. The first-order chi connectivity index (χ1) is 22.1. The molecule has 0 saturated heterocycles. The van der Waals surface area contributed by atoms with Crippen molar-refractivity contribution in [2.45, 2.75) is 53.4 Å². The number of carbonyl (C=O) groups excluding carboxylic acids is 4. The lowest BCUT2D eigenvalue weighted by Gasteiger charge is -2.27. The second kappa shape index (κ2) is 14.2. The summed E-state index contributed by atoms with van der Waals surface area (Å²) in [5, 5.41) is 11.8. The van der Waals surface area contributed by atoms with Gasteiger partial charge in [0.2, 0.25) is 11.8 Å². The molecule has 4 amide bonds. The zero-order chi connectivity index (χ0) is 32.8. The maximum Gasteiger partial charge on any atom is 0.257 e. The van der Waals surface area contributed by atoms with E-state index in [9.17, 15) is 19.2 Å². The molecule has 1 aliphatic rings. The summed E-state index contributed by atoms with van der Waals surface area (Å²) < 4.78 is 0. The summed E-state index contributed by atoms with van der Waals surface area (Å²) in [5.74, 6) is -1.51. The first kappa shape index (κ1) is 32.2. The van der Waals surface area contributed by atoms with Crippen LogP contribution in [0.3, 0.4) is 0 Å². The van der Waals surface area contributed by atoms with Crippen LogP contribution in [0.15, 0.2) is 84.9 Å². The second-order valence-corrected chi connectivity index (χ2v) is 12.1. The van der Waals surface area contributed by atoms with Crippen LogP contribution in [0.2, 0.25) is 0 Å². The highest BCUT2D eigenvalue weighted by Gasteiger charge is 2.31. The Morgan fingerprint density at radius 1 is 0.478 bits per heavy atom. The van der Waals surface area contributed by atoms with E-state index in [0.717, 1.165) is 22.3 Å². The molecule has 8 heteroatoms. The summed E-state index contributed by atoms with van der Waals surface area (Å²) in [7, 11) is 0. The van der Waals surface area contributed by atoms with Crippen LogP contribution < -0.4 is 21.3 Å². The Bertz CT molecular complexity index is 1660. The van der Waals surface area contributed by atoms with Crippen molar-refractivity contribution >= 4 is 46.4 Å². The van der Waals surface area contributed by atoms with Gasteiger partial charge in [0, 0.05) is 23.2 Å². The molecule has 0 atom stereocenters. The fourth-order valence-electron chi connectivity index (χ4n) is 5.70. The molecular weight excluding hydrogens is 576 g/mol. The zero-order valence-corrected chi connectivity index (χ0v) is 26.7. The highest BCUT2D eigenvalue weighted by atomic mass is 16.2. The molecule has 0 radical (unpaired) electrons. The second-order valence-electron chi connectivity index (χ2n) is 12.1. The van der Waals surface area contributed by atoms with E-state index in [1.807, 2.05) is 64.1 Å². The fourth-order valence-corrected chi connectivity index (χ4v) is 5.70. The number of carbonyl (C=O) groups is 4. The molecule has 4 aromatic carbocycles. The smallest absolute Gasteiger partial charge is 0.257 e. The maximum absolute atomic E-state index is 13.3. The standard InChI is InChI=1S/C38H40N4O4/c1-23-13-19-29(21-25(23)3)39-37(45)31-9-5-7-11-33(31)41-35(43)27-15-17-28(18-16-27)36(44)42-34-12-8-6-10-32(34)38(46)40-30-20-14-24(2)26(4)22-30/h5-14,19-22,27-28H,15-18H2,1-4H3,(H,39,45)(H,40,46)(H,41,43)(H,42,44). The van der Waals surface area contributed by atoms with E-state index in [-0.39, 0.29) is 35.5 Å². The van der Waals surface area contributed by atoms with Gasteiger partial charge in [-0.2, -0.15) is 0 Å². The van der Waals surface area contributed by atoms with Crippen molar-refractivity contribution < 1.29 is 19.2 Å². The number of benzene rings is 4. The molecule has 0 aromatic heterocycles. The van der Waals surface area contributed by atoms with Crippen molar-refractivity contribution in [3.8, 4) is 0 Å². The van der Waals surface area contributed by atoms with E-state index in [1.165, 1.54) is 0 Å². The average molecular weight is 617 g/mol. The predicted octanol–water partition coefficient (Wildman–Crippen LogP) is 7.81.